The quantitative estimate of drug-likeness (QED) is 0.192. The molecule has 0 unspecified atom stereocenters. The van der Waals surface area contributed by atoms with E-state index < -0.39 is 11.9 Å². The van der Waals surface area contributed by atoms with E-state index in [0.717, 1.165) is 4.47 Å². The smallest absolute Gasteiger partial charge is 0.345 e. The van der Waals surface area contributed by atoms with Gasteiger partial charge in [-0.3, -0.25) is 4.79 Å². The van der Waals surface area contributed by atoms with Gasteiger partial charge in [0.2, 0.25) is 0 Å². The van der Waals surface area contributed by atoms with Gasteiger partial charge in [-0.1, -0.05) is 57.3 Å². The molecule has 3 rings (SSSR count). The third-order valence-electron chi connectivity index (χ3n) is 3.83. The minimum atomic E-state index is -0.610. The number of hydrogen-bond donors (Lipinski definition) is 1. The third-order valence-corrected chi connectivity index (χ3v) is 4.89. The highest BCUT2D eigenvalue weighted by molar-refractivity contribution is 9.10. The van der Waals surface area contributed by atoms with Crippen LogP contribution in [0.5, 0.6) is 11.5 Å². The van der Waals surface area contributed by atoms with E-state index in [-0.39, 0.29) is 22.9 Å². The van der Waals surface area contributed by atoms with Gasteiger partial charge in [-0.25, -0.2) is 10.2 Å². The molecular weight excluding hydrogens is 507 g/mol. The lowest BCUT2D eigenvalue weighted by molar-refractivity contribution is -0.123. The molecule has 6 nitrogen and oxygen atoms in total. The fourth-order valence-corrected chi connectivity index (χ4v) is 3.18. The largest absolute Gasteiger partial charge is 0.484 e. The van der Waals surface area contributed by atoms with Gasteiger partial charge < -0.3 is 9.47 Å². The lowest BCUT2D eigenvalue weighted by atomic mass is 10.2. The predicted molar refractivity (Wildman–Crippen MR) is 123 cm³/mol. The maximum atomic E-state index is 12.4. The van der Waals surface area contributed by atoms with Gasteiger partial charge in [0.25, 0.3) is 5.91 Å². The van der Waals surface area contributed by atoms with Gasteiger partial charge in [-0.05, 0) is 48.5 Å². The van der Waals surface area contributed by atoms with Crippen LogP contribution in [0.25, 0.3) is 0 Å². The molecule has 9 heteroatoms. The van der Waals surface area contributed by atoms with Crippen molar-refractivity contribution >= 4 is 57.2 Å². The second kappa shape index (κ2) is 10.9. The number of esters is 1. The van der Waals surface area contributed by atoms with Crippen molar-refractivity contribution in [3.8, 4) is 11.5 Å². The highest BCUT2D eigenvalue weighted by Crippen LogP contribution is 2.24. The number of rotatable bonds is 7. The molecule has 158 valence electrons. The lowest BCUT2D eigenvalue weighted by Crippen LogP contribution is -2.24. The summed E-state index contributed by atoms with van der Waals surface area (Å²) in [5, 5.41) is 4.69. The van der Waals surface area contributed by atoms with Crippen LogP contribution in [0.3, 0.4) is 0 Å². The highest BCUT2D eigenvalue weighted by atomic mass is 79.9. The van der Waals surface area contributed by atoms with Gasteiger partial charge >= 0.3 is 5.97 Å². The fraction of sp³-hybridized carbons (Fsp3) is 0.0455. The van der Waals surface area contributed by atoms with Crippen LogP contribution in [0.2, 0.25) is 10.0 Å². The molecule has 0 radical (unpaired) electrons. The van der Waals surface area contributed by atoms with E-state index in [1.54, 1.807) is 66.7 Å². The average molecular weight is 522 g/mol. The standard InChI is InChI=1S/C22H15BrCl2N2O4/c23-15-8-9-20(31-22(29)18-6-1-2-7-19(18)25)14(10-15)12-26-27-21(28)13-30-17-5-3-4-16(24)11-17/h1-12H,13H2,(H,27,28)/b26-12-. The second-order valence-electron chi connectivity index (χ2n) is 6.09. The Morgan fingerprint density at radius 3 is 2.61 bits per heavy atom. The Balaban J connectivity index is 1.63. The highest BCUT2D eigenvalue weighted by Gasteiger charge is 2.14. The van der Waals surface area contributed by atoms with Gasteiger partial charge in [0.05, 0.1) is 16.8 Å². The van der Waals surface area contributed by atoms with Crippen LogP contribution in [0.1, 0.15) is 15.9 Å². The summed E-state index contributed by atoms with van der Waals surface area (Å²) in [5.41, 5.74) is 3.05. The Hall–Kier alpha value is -2.87. The number of hydrogen-bond acceptors (Lipinski definition) is 5. The van der Waals surface area contributed by atoms with Crippen LogP contribution in [-0.4, -0.2) is 24.7 Å². The van der Waals surface area contributed by atoms with Crippen molar-refractivity contribution in [2.24, 2.45) is 5.10 Å². The first-order chi connectivity index (χ1) is 14.9. The third kappa shape index (κ3) is 6.82. The lowest BCUT2D eigenvalue weighted by Gasteiger charge is -2.09. The molecule has 0 spiro atoms. The van der Waals surface area contributed by atoms with E-state index >= 15 is 0 Å². The minimum Gasteiger partial charge on any atom is -0.484 e. The first kappa shape index (κ1) is 22.8. The Bertz CT molecular complexity index is 1140. The molecule has 0 aromatic heterocycles. The zero-order valence-electron chi connectivity index (χ0n) is 15.8. The van der Waals surface area contributed by atoms with E-state index in [0.29, 0.717) is 16.3 Å². The molecule has 3 aromatic rings. The number of amides is 1. The number of halogens is 3. The molecule has 3 aromatic carbocycles. The zero-order valence-corrected chi connectivity index (χ0v) is 18.9. The van der Waals surface area contributed by atoms with Crippen LogP contribution in [0.4, 0.5) is 0 Å². The Labute approximate surface area is 196 Å². The first-order valence-electron chi connectivity index (χ1n) is 8.89. The number of nitrogens with zero attached hydrogens (tertiary/aromatic N) is 1. The van der Waals surface area contributed by atoms with E-state index in [1.165, 1.54) is 6.21 Å². The summed E-state index contributed by atoms with van der Waals surface area (Å²) >= 11 is 15.3. The van der Waals surface area contributed by atoms with Gasteiger partial charge in [-0.2, -0.15) is 5.10 Å². The second-order valence-corrected chi connectivity index (χ2v) is 7.85. The maximum Gasteiger partial charge on any atom is 0.345 e. The van der Waals surface area contributed by atoms with E-state index in [1.807, 2.05) is 0 Å². The molecule has 0 heterocycles. The first-order valence-corrected chi connectivity index (χ1v) is 10.4. The summed E-state index contributed by atoms with van der Waals surface area (Å²) in [7, 11) is 0. The molecular formula is C22H15BrCl2N2O4. The molecule has 0 saturated carbocycles. The normalized spacial score (nSPS) is 10.7. The van der Waals surface area contributed by atoms with Crippen LogP contribution in [0.15, 0.2) is 76.3 Å². The molecule has 0 bridgehead atoms. The van der Waals surface area contributed by atoms with Crippen LogP contribution >= 0.6 is 39.1 Å². The van der Waals surface area contributed by atoms with Crippen molar-refractivity contribution in [2.45, 2.75) is 0 Å². The SMILES string of the molecule is O=C(COc1cccc(Cl)c1)N/N=C\c1cc(Br)ccc1OC(=O)c1ccccc1Cl. The number of ether oxygens (including phenoxy) is 2. The molecule has 0 aliphatic rings. The van der Waals surface area contributed by atoms with E-state index in [9.17, 15) is 9.59 Å². The topological polar surface area (TPSA) is 77.0 Å². The number of carbonyl (C=O) groups excluding carboxylic acids is 2. The van der Waals surface area contributed by atoms with Crippen molar-refractivity contribution in [2.75, 3.05) is 6.61 Å². The van der Waals surface area contributed by atoms with Crippen molar-refractivity contribution in [3.63, 3.8) is 0 Å². The molecule has 1 N–H and O–H groups in total. The van der Waals surface area contributed by atoms with E-state index in [4.69, 9.17) is 32.7 Å². The summed E-state index contributed by atoms with van der Waals surface area (Å²) < 4.78 is 11.5. The Morgan fingerprint density at radius 1 is 1.03 bits per heavy atom. The Morgan fingerprint density at radius 2 is 1.84 bits per heavy atom. The van der Waals surface area contributed by atoms with Crippen LogP contribution in [-0.2, 0) is 4.79 Å². The van der Waals surface area contributed by atoms with Crippen molar-refractivity contribution < 1.29 is 19.1 Å². The molecule has 0 fully saturated rings. The predicted octanol–water partition coefficient (Wildman–Crippen LogP) is 5.50. The van der Waals surface area contributed by atoms with Crippen LogP contribution in [0, 0.1) is 0 Å². The fourth-order valence-electron chi connectivity index (χ4n) is 2.41. The van der Waals surface area contributed by atoms with Gasteiger partial charge in [0.1, 0.15) is 11.5 Å². The molecule has 0 aliphatic carbocycles. The zero-order chi connectivity index (χ0) is 22.2. The summed E-state index contributed by atoms with van der Waals surface area (Å²) in [6, 6.07) is 18.3. The average Bonchev–Trinajstić information content (AvgIpc) is 2.74. The minimum absolute atomic E-state index is 0.237. The van der Waals surface area contributed by atoms with Gasteiger partial charge in [0, 0.05) is 15.1 Å². The summed E-state index contributed by atoms with van der Waals surface area (Å²) in [4.78, 5) is 24.4. The molecule has 0 aliphatic heterocycles. The Kier molecular flexibility index (Phi) is 8.06. The molecule has 1 amide bonds. The van der Waals surface area contributed by atoms with Gasteiger partial charge in [0.15, 0.2) is 6.61 Å². The number of carbonyl (C=O) groups is 2. The maximum absolute atomic E-state index is 12.4. The van der Waals surface area contributed by atoms with Crippen LogP contribution < -0.4 is 14.9 Å². The number of benzene rings is 3. The summed E-state index contributed by atoms with van der Waals surface area (Å²) in [6.07, 6.45) is 1.36. The van der Waals surface area contributed by atoms with Gasteiger partial charge in [-0.15, -0.1) is 0 Å². The van der Waals surface area contributed by atoms with Crippen molar-refractivity contribution in [1.29, 1.82) is 0 Å². The van der Waals surface area contributed by atoms with Crippen molar-refractivity contribution in [3.05, 3.63) is 92.4 Å². The molecule has 0 saturated heterocycles. The summed E-state index contributed by atoms with van der Waals surface area (Å²) in [6.45, 7) is -0.246. The number of nitrogens with one attached hydrogen (secondary N) is 1. The number of hydrazone groups is 1. The van der Waals surface area contributed by atoms with Crippen molar-refractivity contribution in [1.82, 2.24) is 5.43 Å². The molecule has 31 heavy (non-hydrogen) atoms. The van der Waals surface area contributed by atoms with E-state index in [2.05, 4.69) is 26.5 Å². The summed E-state index contributed by atoms with van der Waals surface area (Å²) in [5.74, 6) is -0.365. The monoisotopic (exact) mass is 520 g/mol. The molecule has 0 atom stereocenters.